The first-order valence-electron chi connectivity index (χ1n) is 14.4. The molecule has 5 heterocycles. The fraction of sp³-hybridized carbons (Fsp3) is 0.387. The second-order valence-corrected chi connectivity index (χ2v) is 18.8. The van der Waals surface area contributed by atoms with Crippen molar-refractivity contribution in [3.63, 3.8) is 0 Å². The third kappa shape index (κ3) is 7.22. The van der Waals surface area contributed by atoms with Gasteiger partial charge in [-0.05, 0) is 6.07 Å². The van der Waals surface area contributed by atoms with Gasteiger partial charge in [0, 0.05) is 34.7 Å². The molecule has 15 heteroatoms. The fourth-order valence-electron chi connectivity index (χ4n) is 5.12. The molecular weight excluding hydrogens is 666 g/mol. The Kier molecular flexibility index (Phi) is 9.93. The molecule has 6 rings (SSSR count). The molecular formula is C31H32ClN5O6S2Si. The van der Waals surface area contributed by atoms with E-state index in [2.05, 4.69) is 51.4 Å². The molecule has 0 saturated carbocycles. The SMILES string of the molecule is COC(=O)c1ncc(C#C[Si](C)(C)C)cc1S[C@H]1OC2COC(c3ccccc3)O[C@@H]2C(n2cc(-c3nc(Cl)cs3)nn2)C1OC. The largest absolute Gasteiger partial charge is 0.464 e. The number of carbonyl (C=O) groups is 1. The van der Waals surface area contributed by atoms with Gasteiger partial charge in [-0.25, -0.2) is 19.4 Å². The summed E-state index contributed by atoms with van der Waals surface area (Å²) in [6.07, 6.45) is 1.14. The Hall–Kier alpha value is -3.13. The lowest BCUT2D eigenvalue weighted by Gasteiger charge is -2.48. The molecule has 240 valence electrons. The number of thiazole rings is 1. The van der Waals surface area contributed by atoms with E-state index in [9.17, 15) is 4.79 Å². The van der Waals surface area contributed by atoms with E-state index >= 15 is 0 Å². The van der Waals surface area contributed by atoms with Crippen LogP contribution in [-0.2, 0) is 23.7 Å². The molecule has 2 saturated heterocycles. The van der Waals surface area contributed by atoms with Gasteiger partial charge in [-0.15, -0.1) is 22.0 Å². The Morgan fingerprint density at radius 1 is 1.20 bits per heavy atom. The van der Waals surface area contributed by atoms with Crippen LogP contribution in [0.4, 0.5) is 0 Å². The third-order valence-electron chi connectivity index (χ3n) is 7.22. The molecule has 6 atom stereocenters. The molecule has 3 aromatic heterocycles. The lowest BCUT2D eigenvalue weighted by atomic mass is 9.96. The fourth-order valence-corrected chi connectivity index (χ4v) is 7.83. The van der Waals surface area contributed by atoms with Gasteiger partial charge in [0.05, 0.1) is 19.9 Å². The molecule has 2 aliphatic rings. The van der Waals surface area contributed by atoms with Crippen molar-refractivity contribution < 1.29 is 28.5 Å². The summed E-state index contributed by atoms with van der Waals surface area (Å²) >= 11 is 8.78. The van der Waals surface area contributed by atoms with E-state index in [-0.39, 0.29) is 12.3 Å². The number of methoxy groups -OCH3 is 2. The van der Waals surface area contributed by atoms with Crippen molar-refractivity contribution in [3.05, 3.63) is 76.1 Å². The van der Waals surface area contributed by atoms with E-state index in [1.807, 2.05) is 36.4 Å². The number of nitrogens with zero attached hydrogens (tertiary/aromatic N) is 5. The van der Waals surface area contributed by atoms with Gasteiger partial charge in [0.1, 0.15) is 53.7 Å². The first kappa shape index (κ1) is 32.8. The zero-order valence-corrected chi connectivity index (χ0v) is 29.1. The zero-order valence-electron chi connectivity index (χ0n) is 25.7. The molecule has 0 aliphatic carbocycles. The number of fused-ring (bicyclic) bond motifs is 1. The molecule has 4 aromatic rings. The summed E-state index contributed by atoms with van der Waals surface area (Å²) in [6.45, 7) is 6.74. The topological polar surface area (TPSA) is 120 Å². The molecule has 0 amide bonds. The number of benzene rings is 1. The van der Waals surface area contributed by atoms with Crippen LogP contribution in [-0.4, -0.2) is 83.6 Å². The predicted molar refractivity (Wildman–Crippen MR) is 176 cm³/mol. The zero-order chi connectivity index (χ0) is 32.4. The minimum atomic E-state index is -1.66. The molecule has 2 aliphatic heterocycles. The molecule has 4 unspecified atom stereocenters. The minimum Gasteiger partial charge on any atom is -0.464 e. The van der Waals surface area contributed by atoms with Gasteiger partial charge in [-0.2, -0.15) is 0 Å². The Morgan fingerprint density at radius 3 is 2.70 bits per heavy atom. The maximum Gasteiger partial charge on any atom is 0.357 e. The first-order chi connectivity index (χ1) is 22.1. The number of thioether (sulfide) groups is 1. The molecule has 1 aromatic carbocycles. The molecule has 46 heavy (non-hydrogen) atoms. The lowest BCUT2D eigenvalue weighted by Crippen LogP contribution is -2.59. The Bertz CT molecular complexity index is 1760. The quantitative estimate of drug-likeness (QED) is 0.135. The highest BCUT2D eigenvalue weighted by Crippen LogP contribution is 2.45. The number of ether oxygens (including phenoxy) is 5. The number of carbonyl (C=O) groups excluding carboxylic acids is 1. The van der Waals surface area contributed by atoms with Gasteiger partial charge in [0.2, 0.25) is 0 Å². The molecule has 0 bridgehead atoms. The van der Waals surface area contributed by atoms with E-state index in [1.54, 1.807) is 29.6 Å². The van der Waals surface area contributed by atoms with Gasteiger partial charge >= 0.3 is 5.97 Å². The summed E-state index contributed by atoms with van der Waals surface area (Å²) in [6, 6.07) is 11.1. The number of aromatic nitrogens is 5. The third-order valence-corrected chi connectivity index (χ3v) is 10.5. The van der Waals surface area contributed by atoms with E-state index in [0.29, 0.717) is 26.3 Å². The second kappa shape index (κ2) is 13.9. The highest BCUT2D eigenvalue weighted by Gasteiger charge is 2.52. The van der Waals surface area contributed by atoms with Crippen molar-refractivity contribution in [2.75, 3.05) is 20.8 Å². The smallest absolute Gasteiger partial charge is 0.357 e. The van der Waals surface area contributed by atoms with Gasteiger partial charge in [-0.3, -0.25) is 0 Å². The highest BCUT2D eigenvalue weighted by atomic mass is 35.5. The molecule has 0 radical (unpaired) electrons. The average Bonchev–Trinajstić information content (AvgIpc) is 3.72. The maximum atomic E-state index is 12.8. The van der Waals surface area contributed by atoms with Crippen molar-refractivity contribution in [3.8, 4) is 22.2 Å². The highest BCUT2D eigenvalue weighted by molar-refractivity contribution is 8.00. The van der Waals surface area contributed by atoms with Gasteiger partial charge in [-0.1, -0.05) is 84.5 Å². The Labute approximate surface area is 280 Å². The van der Waals surface area contributed by atoms with E-state index in [0.717, 1.165) is 5.56 Å². The molecule has 0 spiro atoms. The van der Waals surface area contributed by atoms with E-state index in [1.165, 1.54) is 30.2 Å². The Morgan fingerprint density at radius 2 is 2.00 bits per heavy atom. The minimum absolute atomic E-state index is 0.159. The van der Waals surface area contributed by atoms with Gasteiger partial charge < -0.3 is 23.7 Å². The van der Waals surface area contributed by atoms with Crippen LogP contribution in [0.1, 0.15) is 33.9 Å². The summed E-state index contributed by atoms with van der Waals surface area (Å²) in [5.74, 6) is 2.66. The van der Waals surface area contributed by atoms with Crippen LogP contribution < -0.4 is 0 Å². The Balaban J connectivity index is 1.38. The van der Waals surface area contributed by atoms with Crippen LogP contribution in [0.2, 0.25) is 24.8 Å². The number of halogens is 1. The summed E-state index contributed by atoms with van der Waals surface area (Å²) in [7, 11) is 1.27. The number of hydrogen-bond acceptors (Lipinski definition) is 12. The number of hydrogen-bond donors (Lipinski definition) is 0. The van der Waals surface area contributed by atoms with E-state index < -0.39 is 50.1 Å². The summed E-state index contributed by atoms with van der Waals surface area (Å²) < 4.78 is 32.3. The van der Waals surface area contributed by atoms with Gasteiger partial charge in [0.25, 0.3) is 0 Å². The number of rotatable bonds is 7. The van der Waals surface area contributed by atoms with Crippen molar-refractivity contribution >= 4 is 48.7 Å². The summed E-state index contributed by atoms with van der Waals surface area (Å²) in [5.41, 5.74) is 5.02. The normalized spacial score (nSPS) is 24.5. The van der Waals surface area contributed by atoms with Crippen molar-refractivity contribution in [2.45, 2.75) is 60.6 Å². The molecule has 11 nitrogen and oxygen atoms in total. The second-order valence-electron chi connectivity index (χ2n) is 11.6. The van der Waals surface area contributed by atoms with E-state index in [4.69, 9.17) is 35.3 Å². The van der Waals surface area contributed by atoms with Crippen LogP contribution in [0.25, 0.3) is 10.7 Å². The summed E-state index contributed by atoms with van der Waals surface area (Å²) in [5, 5.41) is 11.7. The number of esters is 1. The van der Waals surface area contributed by atoms with Crippen molar-refractivity contribution in [1.82, 2.24) is 25.0 Å². The van der Waals surface area contributed by atoms with Crippen LogP contribution in [0.3, 0.4) is 0 Å². The standard InChI is InChI=1S/C31H32ClN5O6S2Si/c1-39-27-25(37-15-20(35-36-37)28-34-23(32)17-44-28)26-21(16-41-30(43-26)19-9-7-6-8-10-19)42-31(27)45-22-13-18(11-12-46(3,4)5)14-33-24(22)29(38)40-2/h6-10,13-15,17,21,25-27,30-31H,16H2,1-5H3/t21?,25?,26-,27?,30?,31+/m0/s1. The van der Waals surface area contributed by atoms with Crippen LogP contribution >= 0.6 is 34.7 Å². The van der Waals surface area contributed by atoms with Crippen LogP contribution in [0.15, 0.2) is 59.1 Å². The molecule has 0 N–H and O–H groups in total. The van der Waals surface area contributed by atoms with Crippen molar-refractivity contribution in [1.29, 1.82) is 0 Å². The summed E-state index contributed by atoms with van der Waals surface area (Å²) in [4.78, 5) is 22.1. The van der Waals surface area contributed by atoms with Gasteiger partial charge in [0.15, 0.2) is 12.0 Å². The lowest BCUT2D eigenvalue weighted by molar-refractivity contribution is -0.308. The predicted octanol–water partition coefficient (Wildman–Crippen LogP) is 5.65. The van der Waals surface area contributed by atoms with Crippen molar-refractivity contribution in [2.24, 2.45) is 0 Å². The first-order valence-corrected chi connectivity index (χ1v) is 20.1. The number of pyridine rings is 1. The maximum absolute atomic E-state index is 12.8. The average molecular weight is 698 g/mol. The molecule has 2 fully saturated rings. The monoisotopic (exact) mass is 697 g/mol. The van der Waals surface area contributed by atoms with Crippen LogP contribution in [0.5, 0.6) is 0 Å². The van der Waals surface area contributed by atoms with Crippen LogP contribution in [0, 0.1) is 11.5 Å².